The fraction of sp³-hybridized carbons (Fsp3) is 0.364. The molecule has 2 aromatic rings. The van der Waals surface area contributed by atoms with Crippen LogP contribution in [0.4, 0.5) is 5.69 Å². The first-order valence-corrected chi connectivity index (χ1v) is 9.42. The topological polar surface area (TPSA) is 52.6 Å². The predicted molar refractivity (Wildman–Crippen MR) is 108 cm³/mol. The second-order valence-electron chi connectivity index (χ2n) is 7.36. The average molecular weight is 365 g/mol. The van der Waals surface area contributed by atoms with E-state index in [2.05, 4.69) is 10.2 Å². The summed E-state index contributed by atoms with van der Waals surface area (Å²) in [7, 11) is 4.00. The number of anilines is 1. The lowest BCUT2D eigenvalue weighted by atomic mass is 10.1. The number of nitrogens with zero attached hydrogens (tertiary/aromatic N) is 2. The van der Waals surface area contributed by atoms with Crippen LogP contribution in [0.5, 0.6) is 0 Å². The minimum Gasteiger partial charge on any atom is -0.333 e. The van der Waals surface area contributed by atoms with Crippen LogP contribution in [-0.4, -0.2) is 48.8 Å². The Balaban J connectivity index is 1.68. The second kappa shape index (κ2) is 8.82. The van der Waals surface area contributed by atoms with Crippen LogP contribution < -0.4 is 5.32 Å². The van der Waals surface area contributed by atoms with Crippen molar-refractivity contribution in [3.63, 3.8) is 0 Å². The van der Waals surface area contributed by atoms with Crippen LogP contribution in [-0.2, 0) is 11.3 Å². The van der Waals surface area contributed by atoms with E-state index >= 15 is 0 Å². The van der Waals surface area contributed by atoms with E-state index in [0.29, 0.717) is 18.7 Å². The molecule has 0 atom stereocenters. The van der Waals surface area contributed by atoms with E-state index in [1.54, 1.807) is 24.3 Å². The zero-order valence-corrected chi connectivity index (χ0v) is 16.0. The number of carbonyl (C=O) groups excluding carboxylic acids is 2. The minimum absolute atomic E-state index is 0.000715. The first-order chi connectivity index (χ1) is 13.0. The molecule has 1 fully saturated rings. The molecule has 1 aliphatic carbocycles. The maximum Gasteiger partial charge on any atom is 0.254 e. The van der Waals surface area contributed by atoms with Crippen LogP contribution in [0, 0.1) is 5.92 Å². The lowest BCUT2D eigenvalue weighted by Crippen LogP contribution is -2.36. The summed E-state index contributed by atoms with van der Waals surface area (Å²) in [6.07, 6.45) is 1.95. The molecule has 27 heavy (non-hydrogen) atoms. The van der Waals surface area contributed by atoms with Crippen molar-refractivity contribution in [1.29, 1.82) is 0 Å². The molecular weight excluding hydrogens is 338 g/mol. The summed E-state index contributed by atoms with van der Waals surface area (Å²) in [6.45, 7) is 2.03. The molecule has 0 aromatic heterocycles. The average Bonchev–Trinajstić information content (AvgIpc) is 3.51. The van der Waals surface area contributed by atoms with E-state index in [1.165, 1.54) is 0 Å². The van der Waals surface area contributed by atoms with Crippen molar-refractivity contribution in [2.24, 2.45) is 5.92 Å². The van der Waals surface area contributed by atoms with E-state index in [4.69, 9.17) is 0 Å². The third-order valence-corrected chi connectivity index (χ3v) is 4.67. The third kappa shape index (κ3) is 5.66. The van der Waals surface area contributed by atoms with E-state index in [-0.39, 0.29) is 17.7 Å². The van der Waals surface area contributed by atoms with E-state index in [1.807, 2.05) is 49.3 Å². The summed E-state index contributed by atoms with van der Waals surface area (Å²) in [6, 6.07) is 17.2. The second-order valence-corrected chi connectivity index (χ2v) is 7.36. The highest BCUT2D eigenvalue weighted by Gasteiger charge is 2.29. The van der Waals surface area contributed by atoms with Crippen molar-refractivity contribution in [3.05, 3.63) is 65.7 Å². The highest BCUT2D eigenvalue weighted by atomic mass is 16.2. The molecule has 2 amide bonds. The summed E-state index contributed by atoms with van der Waals surface area (Å²) in [5.74, 6) is 0.241. The zero-order valence-electron chi connectivity index (χ0n) is 16.0. The number of rotatable bonds is 8. The number of hydrogen-bond donors (Lipinski definition) is 1. The Morgan fingerprint density at radius 2 is 1.63 bits per heavy atom. The molecule has 0 spiro atoms. The van der Waals surface area contributed by atoms with E-state index in [9.17, 15) is 9.59 Å². The number of benzene rings is 2. The fourth-order valence-corrected chi connectivity index (χ4v) is 2.85. The van der Waals surface area contributed by atoms with Gasteiger partial charge in [-0.15, -0.1) is 0 Å². The van der Waals surface area contributed by atoms with Gasteiger partial charge in [0.1, 0.15) is 0 Å². The SMILES string of the molecule is CN(C)CCN(Cc1ccccc1)C(=O)c1ccc(NC(=O)C2CC2)cc1. The molecule has 2 aromatic carbocycles. The highest BCUT2D eigenvalue weighted by molar-refractivity contribution is 5.96. The quantitative estimate of drug-likeness (QED) is 0.781. The first-order valence-electron chi connectivity index (χ1n) is 9.42. The van der Waals surface area contributed by atoms with Gasteiger partial charge in [0.2, 0.25) is 5.91 Å². The molecule has 0 saturated heterocycles. The van der Waals surface area contributed by atoms with Gasteiger partial charge in [-0.1, -0.05) is 30.3 Å². The van der Waals surface area contributed by atoms with Crippen LogP contribution in [0.2, 0.25) is 0 Å². The monoisotopic (exact) mass is 365 g/mol. The Hall–Kier alpha value is -2.66. The minimum atomic E-state index is 0.000715. The first kappa shape index (κ1) is 19.1. The van der Waals surface area contributed by atoms with Gasteiger partial charge in [-0.05, 0) is 56.8 Å². The molecule has 5 heteroatoms. The maximum atomic E-state index is 13.0. The van der Waals surface area contributed by atoms with Crippen molar-refractivity contribution < 1.29 is 9.59 Å². The summed E-state index contributed by atoms with van der Waals surface area (Å²) < 4.78 is 0. The van der Waals surface area contributed by atoms with Crippen LogP contribution in [0.1, 0.15) is 28.8 Å². The van der Waals surface area contributed by atoms with E-state index in [0.717, 1.165) is 30.6 Å². The van der Waals surface area contributed by atoms with Crippen LogP contribution in [0.15, 0.2) is 54.6 Å². The predicted octanol–water partition coefficient (Wildman–Crippen LogP) is 3.24. The molecule has 1 aliphatic rings. The molecule has 3 rings (SSSR count). The van der Waals surface area contributed by atoms with Gasteiger partial charge in [0.15, 0.2) is 0 Å². The normalized spacial score (nSPS) is 13.4. The molecular formula is C22H27N3O2. The molecule has 0 aliphatic heterocycles. The molecule has 142 valence electrons. The number of likely N-dealkylation sites (N-methyl/N-ethyl adjacent to an activating group) is 1. The molecule has 1 N–H and O–H groups in total. The van der Waals surface area contributed by atoms with Gasteiger partial charge in [0.25, 0.3) is 5.91 Å². The number of carbonyl (C=O) groups is 2. The van der Waals surface area contributed by atoms with Gasteiger partial charge >= 0.3 is 0 Å². The number of hydrogen-bond acceptors (Lipinski definition) is 3. The Morgan fingerprint density at radius 3 is 2.22 bits per heavy atom. The summed E-state index contributed by atoms with van der Waals surface area (Å²) in [5, 5.41) is 2.91. The third-order valence-electron chi connectivity index (χ3n) is 4.67. The standard InChI is InChI=1S/C22H27N3O2/c1-24(2)14-15-25(16-17-6-4-3-5-7-17)22(27)19-10-12-20(13-11-19)23-21(26)18-8-9-18/h3-7,10-13,18H,8-9,14-16H2,1-2H3,(H,23,26). The molecule has 0 radical (unpaired) electrons. The largest absolute Gasteiger partial charge is 0.333 e. The van der Waals surface area contributed by atoms with Crippen LogP contribution >= 0.6 is 0 Å². The van der Waals surface area contributed by atoms with Crippen molar-refractivity contribution in [2.75, 3.05) is 32.5 Å². The van der Waals surface area contributed by atoms with Gasteiger partial charge in [-0.2, -0.15) is 0 Å². The van der Waals surface area contributed by atoms with E-state index < -0.39 is 0 Å². The smallest absolute Gasteiger partial charge is 0.254 e. The van der Waals surface area contributed by atoms with Crippen molar-refractivity contribution in [1.82, 2.24) is 9.80 Å². The number of nitrogens with one attached hydrogen (secondary N) is 1. The van der Waals surface area contributed by atoms with Gasteiger partial charge in [-0.25, -0.2) is 0 Å². The Morgan fingerprint density at radius 1 is 0.963 bits per heavy atom. The molecule has 0 unspecified atom stereocenters. The summed E-state index contributed by atoms with van der Waals surface area (Å²) >= 11 is 0. The number of amides is 2. The van der Waals surface area contributed by atoms with Crippen LogP contribution in [0.3, 0.4) is 0 Å². The molecule has 0 heterocycles. The Labute approximate surface area is 161 Å². The maximum absolute atomic E-state index is 13.0. The lowest BCUT2D eigenvalue weighted by Gasteiger charge is -2.25. The molecule has 5 nitrogen and oxygen atoms in total. The van der Waals surface area contributed by atoms with Gasteiger partial charge in [0.05, 0.1) is 0 Å². The Kier molecular flexibility index (Phi) is 6.24. The van der Waals surface area contributed by atoms with Crippen molar-refractivity contribution in [3.8, 4) is 0 Å². The van der Waals surface area contributed by atoms with Gasteiger partial charge in [-0.3, -0.25) is 9.59 Å². The lowest BCUT2D eigenvalue weighted by molar-refractivity contribution is -0.117. The zero-order chi connectivity index (χ0) is 19.2. The van der Waals surface area contributed by atoms with Crippen LogP contribution in [0.25, 0.3) is 0 Å². The molecule has 1 saturated carbocycles. The van der Waals surface area contributed by atoms with Crippen molar-refractivity contribution in [2.45, 2.75) is 19.4 Å². The fourth-order valence-electron chi connectivity index (χ4n) is 2.85. The van der Waals surface area contributed by atoms with Crippen molar-refractivity contribution >= 4 is 17.5 Å². The van der Waals surface area contributed by atoms with Gasteiger partial charge < -0.3 is 15.1 Å². The highest BCUT2D eigenvalue weighted by Crippen LogP contribution is 2.30. The summed E-state index contributed by atoms with van der Waals surface area (Å²) in [5.41, 5.74) is 2.48. The Bertz CT molecular complexity index is 768. The van der Waals surface area contributed by atoms with Gasteiger partial charge in [0, 0.05) is 36.8 Å². The summed E-state index contributed by atoms with van der Waals surface area (Å²) in [4.78, 5) is 28.8. The molecule has 0 bridgehead atoms.